The second kappa shape index (κ2) is 5.76. The number of halogens is 1. The fourth-order valence-corrected chi connectivity index (χ4v) is 1.83. The Morgan fingerprint density at radius 2 is 2.10 bits per heavy atom. The van der Waals surface area contributed by atoms with Gasteiger partial charge in [0.1, 0.15) is 5.75 Å². The van der Waals surface area contributed by atoms with Crippen LogP contribution in [0.1, 0.15) is 26.6 Å². The van der Waals surface area contributed by atoms with Crippen molar-refractivity contribution in [1.82, 2.24) is 25.5 Å². The molecule has 0 atom stereocenters. The van der Waals surface area contributed by atoms with E-state index in [-0.39, 0.29) is 5.54 Å². The Hall–Kier alpha value is -1.66. The van der Waals surface area contributed by atoms with E-state index < -0.39 is 0 Å². The summed E-state index contributed by atoms with van der Waals surface area (Å²) in [6.07, 6.45) is 0. The number of nitrogens with one attached hydrogen (secondary N) is 1. The van der Waals surface area contributed by atoms with E-state index >= 15 is 0 Å². The number of methoxy groups -OCH3 is 1. The van der Waals surface area contributed by atoms with Gasteiger partial charge in [0.2, 0.25) is 0 Å². The SMILES string of the molecule is COc1ccc(Cl)c(-n2nnnc2CNC(C)(C)C)c1. The number of hydrogen-bond acceptors (Lipinski definition) is 5. The standard InChI is InChI=1S/C13H18ClN5O/c1-13(2,3)15-8-12-16-17-18-19(12)11-7-9(20-4)5-6-10(11)14/h5-7,15H,8H2,1-4H3. The highest BCUT2D eigenvalue weighted by atomic mass is 35.5. The summed E-state index contributed by atoms with van der Waals surface area (Å²) in [5, 5.41) is 15.7. The molecular formula is C13H18ClN5O. The lowest BCUT2D eigenvalue weighted by Gasteiger charge is -2.20. The minimum atomic E-state index is -0.0189. The number of ether oxygens (including phenoxy) is 1. The lowest BCUT2D eigenvalue weighted by Crippen LogP contribution is -2.35. The summed E-state index contributed by atoms with van der Waals surface area (Å²) >= 11 is 6.21. The molecule has 1 aromatic carbocycles. The van der Waals surface area contributed by atoms with Gasteiger partial charge in [-0.3, -0.25) is 0 Å². The summed E-state index contributed by atoms with van der Waals surface area (Å²) in [7, 11) is 1.61. The van der Waals surface area contributed by atoms with E-state index in [0.717, 1.165) is 0 Å². The minimum Gasteiger partial charge on any atom is -0.497 e. The number of aromatic nitrogens is 4. The molecule has 0 amide bonds. The Kier molecular flexibility index (Phi) is 4.25. The summed E-state index contributed by atoms with van der Waals surface area (Å²) in [5.74, 6) is 1.39. The van der Waals surface area contributed by atoms with Gasteiger partial charge < -0.3 is 10.1 Å². The normalized spacial score (nSPS) is 11.7. The first-order valence-electron chi connectivity index (χ1n) is 6.27. The van der Waals surface area contributed by atoms with Crippen molar-refractivity contribution in [3.63, 3.8) is 0 Å². The summed E-state index contributed by atoms with van der Waals surface area (Å²) in [6.45, 7) is 6.79. The third-order valence-corrected chi connectivity index (χ3v) is 3.01. The molecule has 0 unspecified atom stereocenters. The van der Waals surface area contributed by atoms with Crippen molar-refractivity contribution in [2.45, 2.75) is 32.9 Å². The smallest absolute Gasteiger partial charge is 0.170 e. The molecule has 108 valence electrons. The van der Waals surface area contributed by atoms with Crippen LogP contribution in [-0.4, -0.2) is 32.9 Å². The number of tetrazole rings is 1. The zero-order chi connectivity index (χ0) is 14.8. The molecule has 1 aromatic heterocycles. The third kappa shape index (κ3) is 3.46. The zero-order valence-electron chi connectivity index (χ0n) is 12.0. The van der Waals surface area contributed by atoms with Crippen molar-refractivity contribution in [1.29, 1.82) is 0 Å². The number of nitrogens with zero attached hydrogens (tertiary/aromatic N) is 4. The molecule has 0 aliphatic carbocycles. The Morgan fingerprint density at radius 1 is 1.35 bits per heavy atom. The van der Waals surface area contributed by atoms with Crippen LogP contribution in [0.2, 0.25) is 5.02 Å². The number of benzene rings is 1. The average molecular weight is 296 g/mol. The monoisotopic (exact) mass is 295 g/mol. The molecular weight excluding hydrogens is 278 g/mol. The van der Waals surface area contributed by atoms with Crippen molar-refractivity contribution in [3.05, 3.63) is 29.0 Å². The quantitative estimate of drug-likeness (QED) is 0.937. The molecule has 7 heteroatoms. The van der Waals surface area contributed by atoms with Crippen LogP contribution in [0.15, 0.2) is 18.2 Å². The predicted octanol–water partition coefficient (Wildman–Crippen LogP) is 2.21. The largest absolute Gasteiger partial charge is 0.497 e. The first kappa shape index (κ1) is 14.7. The van der Waals surface area contributed by atoms with Crippen LogP contribution in [0.25, 0.3) is 5.69 Å². The van der Waals surface area contributed by atoms with Gasteiger partial charge in [-0.1, -0.05) is 11.6 Å². The molecule has 0 aliphatic heterocycles. The average Bonchev–Trinajstić information content (AvgIpc) is 2.84. The van der Waals surface area contributed by atoms with Crippen molar-refractivity contribution in [3.8, 4) is 11.4 Å². The molecule has 20 heavy (non-hydrogen) atoms. The molecule has 2 rings (SSSR count). The van der Waals surface area contributed by atoms with E-state index in [1.807, 2.05) is 0 Å². The first-order chi connectivity index (χ1) is 9.40. The van der Waals surface area contributed by atoms with Gasteiger partial charge in [-0.2, -0.15) is 4.68 Å². The number of rotatable bonds is 4. The van der Waals surface area contributed by atoms with Gasteiger partial charge in [0.15, 0.2) is 5.82 Å². The zero-order valence-corrected chi connectivity index (χ0v) is 12.8. The Morgan fingerprint density at radius 3 is 2.75 bits per heavy atom. The molecule has 0 saturated carbocycles. The molecule has 1 heterocycles. The van der Waals surface area contributed by atoms with Crippen molar-refractivity contribution < 1.29 is 4.74 Å². The van der Waals surface area contributed by atoms with E-state index in [4.69, 9.17) is 16.3 Å². The molecule has 0 fully saturated rings. The van der Waals surface area contributed by atoms with E-state index in [1.165, 1.54) is 0 Å². The summed E-state index contributed by atoms with van der Waals surface area (Å²) in [6, 6.07) is 5.36. The van der Waals surface area contributed by atoms with Gasteiger partial charge >= 0.3 is 0 Å². The fourth-order valence-electron chi connectivity index (χ4n) is 1.63. The van der Waals surface area contributed by atoms with E-state index in [1.54, 1.807) is 30.0 Å². The molecule has 0 saturated heterocycles. The van der Waals surface area contributed by atoms with Gasteiger partial charge in [0.05, 0.1) is 24.4 Å². The summed E-state index contributed by atoms with van der Waals surface area (Å²) in [4.78, 5) is 0. The Balaban J connectivity index is 2.32. The number of hydrogen-bond donors (Lipinski definition) is 1. The van der Waals surface area contributed by atoms with Crippen LogP contribution in [-0.2, 0) is 6.54 Å². The Labute approximate surface area is 123 Å². The van der Waals surface area contributed by atoms with Crippen LogP contribution < -0.4 is 10.1 Å². The van der Waals surface area contributed by atoms with E-state index in [2.05, 4.69) is 41.6 Å². The van der Waals surface area contributed by atoms with Crippen LogP contribution in [0.3, 0.4) is 0 Å². The minimum absolute atomic E-state index is 0.0189. The van der Waals surface area contributed by atoms with Gasteiger partial charge in [-0.25, -0.2) is 0 Å². The molecule has 2 aromatic rings. The van der Waals surface area contributed by atoms with Crippen molar-refractivity contribution >= 4 is 11.6 Å². The highest BCUT2D eigenvalue weighted by Crippen LogP contribution is 2.25. The lowest BCUT2D eigenvalue weighted by atomic mass is 10.1. The maximum absolute atomic E-state index is 6.21. The molecule has 0 aliphatic rings. The first-order valence-corrected chi connectivity index (χ1v) is 6.65. The second-order valence-electron chi connectivity index (χ2n) is 5.43. The summed E-state index contributed by atoms with van der Waals surface area (Å²) in [5.41, 5.74) is 0.677. The lowest BCUT2D eigenvalue weighted by molar-refractivity contribution is 0.412. The van der Waals surface area contributed by atoms with Crippen LogP contribution in [0, 0.1) is 0 Å². The maximum Gasteiger partial charge on any atom is 0.170 e. The van der Waals surface area contributed by atoms with Crippen molar-refractivity contribution in [2.75, 3.05) is 7.11 Å². The highest BCUT2D eigenvalue weighted by Gasteiger charge is 2.15. The maximum atomic E-state index is 6.21. The fraction of sp³-hybridized carbons (Fsp3) is 0.462. The molecule has 6 nitrogen and oxygen atoms in total. The summed E-state index contributed by atoms with van der Waals surface area (Å²) < 4.78 is 6.82. The van der Waals surface area contributed by atoms with Crippen LogP contribution >= 0.6 is 11.6 Å². The predicted molar refractivity (Wildman–Crippen MR) is 77.3 cm³/mol. The van der Waals surface area contributed by atoms with Gasteiger partial charge in [-0.05, 0) is 43.3 Å². The molecule has 0 radical (unpaired) electrons. The Bertz CT molecular complexity index is 591. The third-order valence-electron chi connectivity index (χ3n) is 2.69. The van der Waals surface area contributed by atoms with Gasteiger partial charge in [0, 0.05) is 11.6 Å². The second-order valence-corrected chi connectivity index (χ2v) is 5.84. The van der Waals surface area contributed by atoms with Crippen LogP contribution in [0.5, 0.6) is 5.75 Å². The molecule has 0 spiro atoms. The highest BCUT2D eigenvalue weighted by molar-refractivity contribution is 6.32. The van der Waals surface area contributed by atoms with E-state index in [9.17, 15) is 0 Å². The molecule has 1 N–H and O–H groups in total. The van der Waals surface area contributed by atoms with E-state index in [0.29, 0.717) is 28.8 Å². The van der Waals surface area contributed by atoms with Crippen LogP contribution in [0.4, 0.5) is 0 Å². The van der Waals surface area contributed by atoms with Crippen molar-refractivity contribution in [2.24, 2.45) is 0 Å². The van der Waals surface area contributed by atoms with Gasteiger partial charge in [0.25, 0.3) is 0 Å². The van der Waals surface area contributed by atoms with Gasteiger partial charge in [-0.15, -0.1) is 5.10 Å². The molecule has 0 bridgehead atoms. The topological polar surface area (TPSA) is 64.9 Å².